The van der Waals surface area contributed by atoms with Gasteiger partial charge in [0, 0.05) is 13.0 Å². The van der Waals surface area contributed by atoms with Crippen LogP contribution in [0.3, 0.4) is 0 Å². The number of aliphatic hydroxyl groups is 1. The van der Waals surface area contributed by atoms with E-state index in [-0.39, 0.29) is 24.4 Å². The summed E-state index contributed by atoms with van der Waals surface area (Å²) in [4.78, 5) is 13.1. The lowest BCUT2D eigenvalue weighted by Crippen LogP contribution is -2.48. The highest BCUT2D eigenvalue weighted by molar-refractivity contribution is 6.00. The van der Waals surface area contributed by atoms with E-state index in [0.29, 0.717) is 29.2 Å². The number of ketones is 1. The Labute approximate surface area is 158 Å². The third-order valence-electron chi connectivity index (χ3n) is 6.24. The predicted octanol–water partition coefficient (Wildman–Crippen LogP) is 2.60. The van der Waals surface area contributed by atoms with Crippen LogP contribution in [-0.4, -0.2) is 43.6 Å². The minimum Gasteiger partial charge on any atom is -0.493 e. The number of ether oxygens (including phenoxy) is 4. The van der Waals surface area contributed by atoms with Gasteiger partial charge >= 0.3 is 0 Å². The Hall–Kier alpha value is -2.31. The van der Waals surface area contributed by atoms with Gasteiger partial charge in [0.2, 0.25) is 12.5 Å². The molecule has 2 aliphatic carbocycles. The molecule has 1 fully saturated rings. The molecule has 1 aromatic carbocycles. The molecule has 1 saturated carbocycles. The van der Waals surface area contributed by atoms with Gasteiger partial charge in [0.15, 0.2) is 17.3 Å². The molecule has 1 heterocycles. The largest absolute Gasteiger partial charge is 0.493 e. The topological polar surface area (TPSA) is 74.2 Å². The fraction of sp³-hybridized carbons (Fsp3) is 0.476. The van der Waals surface area contributed by atoms with E-state index in [1.165, 1.54) is 0 Å². The molecule has 1 aromatic rings. The number of fused-ring (bicyclic) bond motifs is 3. The molecular weight excluding hydrogens is 348 g/mol. The van der Waals surface area contributed by atoms with Crippen LogP contribution in [0.5, 0.6) is 17.2 Å². The standard InChI is InChI=1S/C21H24O6/c1-5-6-12-9-21(25-4)11(2)16(17(18(12)22)20(21)23)13-7-14(24-3)19-15(8-13)26-10-27-19/h5,7-9,11,16-17,20,23H,1,6,10H2,2-4H3/t11-,16+,17-,20+,21-/m1/s1. The Morgan fingerprint density at radius 1 is 1.33 bits per heavy atom. The fourth-order valence-electron chi connectivity index (χ4n) is 4.94. The fourth-order valence-corrected chi connectivity index (χ4v) is 4.94. The molecule has 0 aromatic heterocycles. The van der Waals surface area contributed by atoms with Crippen molar-refractivity contribution >= 4 is 5.78 Å². The highest BCUT2D eigenvalue weighted by Crippen LogP contribution is 2.57. The molecule has 1 aliphatic heterocycles. The smallest absolute Gasteiger partial charge is 0.231 e. The van der Waals surface area contributed by atoms with Gasteiger partial charge < -0.3 is 24.1 Å². The molecule has 2 bridgehead atoms. The Kier molecular flexibility index (Phi) is 4.28. The van der Waals surface area contributed by atoms with Gasteiger partial charge in [-0.25, -0.2) is 0 Å². The number of carbonyl (C=O) groups excluding carboxylic acids is 1. The van der Waals surface area contributed by atoms with Gasteiger partial charge in [-0.05, 0) is 41.7 Å². The van der Waals surface area contributed by atoms with Crippen LogP contribution in [-0.2, 0) is 9.53 Å². The van der Waals surface area contributed by atoms with Gasteiger partial charge in [0.1, 0.15) is 5.60 Å². The summed E-state index contributed by atoms with van der Waals surface area (Å²) >= 11 is 0. The molecule has 0 saturated heterocycles. The molecule has 1 N–H and O–H groups in total. The summed E-state index contributed by atoms with van der Waals surface area (Å²) in [5.74, 6) is 0.694. The highest BCUT2D eigenvalue weighted by atomic mass is 16.7. The lowest BCUT2D eigenvalue weighted by atomic mass is 9.79. The lowest BCUT2D eigenvalue weighted by Gasteiger charge is -2.36. The van der Waals surface area contributed by atoms with Gasteiger partial charge in [-0.3, -0.25) is 4.79 Å². The molecule has 6 nitrogen and oxygen atoms in total. The second-order valence-electron chi connectivity index (χ2n) is 7.33. The first-order chi connectivity index (χ1) is 13.0. The van der Waals surface area contributed by atoms with E-state index in [2.05, 4.69) is 6.58 Å². The lowest BCUT2D eigenvalue weighted by molar-refractivity contribution is -0.130. The van der Waals surface area contributed by atoms with Crippen molar-refractivity contribution in [1.29, 1.82) is 0 Å². The van der Waals surface area contributed by atoms with E-state index in [0.717, 1.165) is 5.56 Å². The highest BCUT2D eigenvalue weighted by Gasteiger charge is 2.63. The zero-order valence-corrected chi connectivity index (χ0v) is 15.7. The quantitative estimate of drug-likeness (QED) is 0.801. The summed E-state index contributed by atoms with van der Waals surface area (Å²) in [7, 11) is 3.15. The SMILES string of the molecule is C=CCC1=C[C@@]2(OC)[C@H](C)[C@@H](c3cc(OC)c4c(c3)OCO4)[C@H](C1=O)[C@@H]2O. The van der Waals surface area contributed by atoms with Crippen LogP contribution in [0.1, 0.15) is 24.8 Å². The summed E-state index contributed by atoms with van der Waals surface area (Å²) in [6.07, 6.45) is 3.04. The number of hydrogen-bond acceptors (Lipinski definition) is 6. The molecular formula is C21H24O6. The van der Waals surface area contributed by atoms with Crippen LogP contribution in [0.2, 0.25) is 0 Å². The Balaban J connectivity index is 1.84. The van der Waals surface area contributed by atoms with Crippen molar-refractivity contribution in [3.05, 3.63) is 42.0 Å². The van der Waals surface area contributed by atoms with Gasteiger partial charge in [-0.1, -0.05) is 13.0 Å². The van der Waals surface area contributed by atoms with Crippen molar-refractivity contribution in [3.8, 4) is 17.2 Å². The van der Waals surface area contributed by atoms with Crippen LogP contribution in [0.15, 0.2) is 36.4 Å². The molecule has 0 amide bonds. The van der Waals surface area contributed by atoms with Crippen molar-refractivity contribution in [3.63, 3.8) is 0 Å². The maximum atomic E-state index is 13.1. The summed E-state index contributed by atoms with van der Waals surface area (Å²) in [5.41, 5.74) is 0.600. The number of hydrogen-bond donors (Lipinski definition) is 1. The molecule has 0 radical (unpaired) electrons. The van der Waals surface area contributed by atoms with Crippen molar-refractivity contribution in [1.82, 2.24) is 0 Å². The van der Waals surface area contributed by atoms with Crippen LogP contribution in [0.4, 0.5) is 0 Å². The predicted molar refractivity (Wildman–Crippen MR) is 98.2 cm³/mol. The van der Waals surface area contributed by atoms with Crippen molar-refractivity contribution < 1.29 is 28.8 Å². The molecule has 0 unspecified atom stereocenters. The third kappa shape index (κ3) is 2.36. The summed E-state index contributed by atoms with van der Waals surface area (Å²) in [6, 6.07) is 3.75. The summed E-state index contributed by atoms with van der Waals surface area (Å²) < 4.78 is 22.3. The third-order valence-corrected chi connectivity index (χ3v) is 6.24. The van der Waals surface area contributed by atoms with E-state index in [1.807, 2.05) is 19.1 Å². The molecule has 3 aliphatic rings. The van der Waals surface area contributed by atoms with Crippen molar-refractivity contribution in [2.75, 3.05) is 21.0 Å². The molecule has 5 atom stereocenters. The summed E-state index contributed by atoms with van der Waals surface area (Å²) in [6.45, 7) is 5.88. The van der Waals surface area contributed by atoms with E-state index >= 15 is 0 Å². The second-order valence-corrected chi connectivity index (χ2v) is 7.33. The van der Waals surface area contributed by atoms with Crippen LogP contribution >= 0.6 is 0 Å². The van der Waals surface area contributed by atoms with Gasteiger partial charge in [0.05, 0.1) is 19.1 Å². The average Bonchev–Trinajstić information content (AvgIpc) is 3.20. The second kappa shape index (κ2) is 6.39. The number of benzene rings is 1. The zero-order chi connectivity index (χ0) is 19.3. The monoisotopic (exact) mass is 372 g/mol. The van der Waals surface area contributed by atoms with Crippen LogP contribution in [0, 0.1) is 11.8 Å². The first-order valence-electron chi connectivity index (χ1n) is 9.06. The van der Waals surface area contributed by atoms with Gasteiger partial charge in [-0.2, -0.15) is 0 Å². The molecule has 6 heteroatoms. The van der Waals surface area contributed by atoms with Crippen molar-refractivity contribution in [2.45, 2.75) is 31.0 Å². The number of Topliss-reactive ketones (excluding diaryl/α,β-unsaturated/α-hetero) is 1. The zero-order valence-electron chi connectivity index (χ0n) is 15.7. The maximum Gasteiger partial charge on any atom is 0.231 e. The van der Waals surface area contributed by atoms with Crippen LogP contribution < -0.4 is 14.2 Å². The number of aliphatic hydroxyl groups excluding tert-OH is 1. The number of allylic oxidation sites excluding steroid dienone is 2. The molecule has 27 heavy (non-hydrogen) atoms. The number of carbonyl (C=O) groups is 1. The Morgan fingerprint density at radius 3 is 2.78 bits per heavy atom. The maximum absolute atomic E-state index is 13.1. The Bertz CT molecular complexity index is 828. The van der Waals surface area contributed by atoms with Crippen molar-refractivity contribution in [2.24, 2.45) is 11.8 Å². The Morgan fingerprint density at radius 2 is 2.11 bits per heavy atom. The normalized spacial score (nSPS) is 33.8. The van der Waals surface area contributed by atoms with Gasteiger partial charge in [0.25, 0.3) is 0 Å². The first kappa shape index (κ1) is 18.1. The first-order valence-corrected chi connectivity index (χ1v) is 9.06. The van der Waals surface area contributed by atoms with Gasteiger partial charge in [-0.15, -0.1) is 6.58 Å². The average molecular weight is 372 g/mol. The van der Waals surface area contributed by atoms with E-state index < -0.39 is 17.6 Å². The number of rotatable bonds is 5. The van der Waals surface area contributed by atoms with E-state index in [4.69, 9.17) is 18.9 Å². The molecule has 144 valence electrons. The van der Waals surface area contributed by atoms with E-state index in [1.54, 1.807) is 26.4 Å². The van der Waals surface area contributed by atoms with E-state index in [9.17, 15) is 9.90 Å². The summed E-state index contributed by atoms with van der Waals surface area (Å²) in [5, 5.41) is 11.0. The van der Waals surface area contributed by atoms with Crippen LogP contribution in [0.25, 0.3) is 0 Å². The minimum atomic E-state index is -0.917. The minimum absolute atomic E-state index is 0.0546. The molecule has 4 rings (SSSR count). The molecule has 0 spiro atoms. The number of methoxy groups -OCH3 is 2.